The van der Waals surface area contributed by atoms with Crippen LogP contribution in [0.5, 0.6) is 11.5 Å². The number of benzene rings is 3. The fraction of sp³-hybridized carbons (Fsp3) is 0.269. The van der Waals surface area contributed by atoms with Gasteiger partial charge in [0.25, 0.3) is 5.91 Å². The summed E-state index contributed by atoms with van der Waals surface area (Å²) in [5, 5.41) is 15.0. The van der Waals surface area contributed by atoms with Gasteiger partial charge in [-0.1, -0.05) is 24.3 Å². The van der Waals surface area contributed by atoms with Gasteiger partial charge in [0.1, 0.15) is 29.7 Å². The molecule has 1 aliphatic rings. The lowest BCUT2D eigenvalue weighted by Gasteiger charge is -2.23. The molecule has 1 unspecified atom stereocenters. The van der Waals surface area contributed by atoms with Crippen LogP contribution in [0.3, 0.4) is 0 Å². The van der Waals surface area contributed by atoms with Gasteiger partial charge < -0.3 is 24.6 Å². The van der Waals surface area contributed by atoms with E-state index in [1.165, 1.54) is 13.2 Å². The topological polar surface area (TPSA) is 114 Å². The number of amides is 3. The van der Waals surface area contributed by atoms with E-state index in [0.29, 0.717) is 16.9 Å². The van der Waals surface area contributed by atoms with Crippen molar-refractivity contribution in [2.75, 3.05) is 27.4 Å². The second-order valence-electron chi connectivity index (χ2n) is 8.38. The molecular formula is C26H26N2O7. The Morgan fingerprint density at radius 1 is 1.03 bits per heavy atom. The number of aliphatic hydroxyl groups is 1. The molecule has 9 nitrogen and oxygen atoms in total. The van der Waals surface area contributed by atoms with Crippen LogP contribution in [0.4, 0.5) is 4.79 Å². The fourth-order valence-corrected chi connectivity index (χ4v) is 4.01. The normalized spacial score (nSPS) is 18.3. The van der Waals surface area contributed by atoms with Gasteiger partial charge in [-0.05, 0) is 59.7 Å². The Bertz CT molecular complexity index is 1290. The highest BCUT2D eigenvalue weighted by molar-refractivity contribution is 6.07. The zero-order valence-corrected chi connectivity index (χ0v) is 19.6. The fourth-order valence-electron chi connectivity index (χ4n) is 4.01. The van der Waals surface area contributed by atoms with Crippen LogP contribution in [-0.4, -0.2) is 61.4 Å². The van der Waals surface area contributed by atoms with Gasteiger partial charge in [0.05, 0.1) is 26.3 Å². The van der Waals surface area contributed by atoms with Crippen molar-refractivity contribution in [3.63, 3.8) is 0 Å². The third-order valence-electron chi connectivity index (χ3n) is 5.99. The van der Waals surface area contributed by atoms with Crippen LogP contribution >= 0.6 is 0 Å². The van der Waals surface area contributed by atoms with Crippen LogP contribution in [0.2, 0.25) is 0 Å². The van der Waals surface area contributed by atoms with Gasteiger partial charge in [-0.2, -0.15) is 0 Å². The SMILES string of the molecule is COC(=O)c1cccc(OCC(O)CN2C(=O)N[C@@](C)(c3ccc4cc(OC)ccc4c3)C2=O)c1. The highest BCUT2D eigenvalue weighted by Crippen LogP contribution is 2.32. The first kappa shape index (κ1) is 24.0. The Morgan fingerprint density at radius 3 is 2.51 bits per heavy atom. The number of nitrogens with one attached hydrogen (secondary N) is 1. The molecule has 182 valence electrons. The molecule has 1 fully saturated rings. The van der Waals surface area contributed by atoms with E-state index in [2.05, 4.69) is 10.1 Å². The molecule has 3 aromatic carbocycles. The van der Waals surface area contributed by atoms with Crippen LogP contribution in [0.1, 0.15) is 22.8 Å². The highest BCUT2D eigenvalue weighted by Gasteiger charge is 2.49. The van der Waals surface area contributed by atoms with Gasteiger partial charge in [0.2, 0.25) is 0 Å². The molecule has 9 heteroatoms. The predicted molar refractivity (Wildman–Crippen MR) is 127 cm³/mol. The van der Waals surface area contributed by atoms with Gasteiger partial charge in [-0.15, -0.1) is 0 Å². The van der Waals surface area contributed by atoms with Crippen LogP contribution in [-0.2, 0) is 15.1 Å². The largest absolute Gasteiger partial charge is 0.497 e. The van der Waals surface area contributed by atoms with Crippen molar-refractivity contribution in [2.45, 2.75) is 18.6 Å². The van der Waals surface area contributed by atoms with Crippen molar-refractivity contribution in [3.8, 4) is 11.5 Å². The Hall–Kier alpha value is -4.11. The quantitative estimate of drug-likeness (QED) is 0.378. The van der Waals surface area contributed by atoms with E-state index in [1.807, 2.05) is 30.3 Å². The molecule has 0 aromatic heterocycles. The second-order valence-corrected chi connectivity index (χ2v) is 8.38. The van der Waals surface area contributed by atoms with Crippen LogP contribution in [0.25, 0.3) is 10.8 Å². The third kappa shape index (κ3) is 4.76. The maximum Gasteiger partial charge on any atom is 0.337 e. The summed E-state index contributed by atoms with van der Waals surface area (Å²) in [7, 11) is 2.87. The van der Waals surface area contributed by atoms with Crippen molar-refractivity contribution >= 4 is 28.7 Å². The molecular weight excluding hydrogens is 452 g/mol. The molecule has 1 aliphatic heterocycles. The summed E-state index contributed by atoms with van der Waals surface area (Å²) < 4.78 is 15.5. The number of urea groups is 1. The molecule has 1 saturated heterocycles. The molecule has 3 amide bonds. The number of aliphatic hydroxyl groups excluding tert-OH is 1. The maximum atomic E-state index is 13.3. The number of β-amino-alcohol motifs (C(OH)–C–C–N with tert-alkyl or cyclic N) is 1. The van der Waals surface area contributed by atoms with E-state index in [-0.39, 0.29) is 13.2 Å². The number of esters is 1. The first-order chi connectivity index (χ1) is 16.7. The smallest absolute Gasteiger partial charge is 0.337 e. The molecule has 0 bridgehead atoms. The van der Waals surface area contributed by atoms with Gasteiger partial charge in [-0.3, -0.25) is 9.69 Å². The number of hydrogen-bond acceptors (Lipinski definition) is 7. The number of ether oxygens (including phenoxy) is 3. The Kier molecular flexibility index (Phi) is 6.61. The van der Waals surface area contributed by atoms with Crippen molar-refractivity contribution in [1.29, 1.82) is 0 Å². The maximum absolute atomic E-state index is 13.3. The third-order valence-corrected chi connectivity index (χ3v) is 5.99. The minimum atomic E-state index is -1.28. The Labute approximate surface area is 202 Å². The summed E-state index contributed by atoms with van der Waals surface area (Å²) in [6.07, 6.45) is -1.14. The molecule has 35 heavy (non-hydrogen) atoms. The molecule has 2 N–H and O–H groups in total. The van der Waals surface area contributed by atoms with Crippen molar-refractivity contribution in [3.05, 3.63) is 71.8 Å². The van der Waals surface area contributed by atoms with Crippen LogP contribution in [0, 0.1) is 0 Å². The Morgan fingerprint density at radius 2 is 1.77 bits per heavy atom. The number of carbonyl (C=O) groups excluding carboxylic acids is 3. The monoisotopic (exact) mass is 478 g/mol. The van der Waals surface area contributed by atoms with Crippen molar-refractivity contribution in [2.24, 2.45) is 0 Å². The number of hydrogen-bond donors (Lipinski definition) is 2. The minimum Gasteiger partial charge on any atom is -0.497 e. The summed E-state index contributed by atoms with van der Waals surface area (Å²) in [6.45, 7) is 1.21. The summed E-state index contributed by atoms with van der Waals surface area (Å²) in [5.41, 5.74) is -0.347. The van der Waals surface area contributed by atoms with E-state index in [1.54, 1.807) is 38.3 Å². The molecule has 2 atom stereocenters. The average Bonchev–Trinajstić information content (AvgIpc) is 3.10. The molecule has 0 aliphatic carbocycles. The molecule has 1 heterocycles. The van der Waals surface area contributed by atoms with Crippen LogP contribution < -0.4 is 14.8 Å². The van der Waals surface area contributed by atoms with Gasteiger partial charge >= 0.3 is 12.0 Å². The summed E-state index contributed by atoms with van der Waals surface area (Å²) in [5.74, 6) is 0.0902. The van der Waals surface area contributed by atoms with Gasteiger partial charge in [0, 0.05) is 0 Å². The molecule has 0 saturated carbocycles. The molecule has 4 rings (SSSR count). The number of imide groups is 1. The Balaban J connectivity index is 1.44. The van der Waals surface area contributed by atoms with Gasteiger partial charge in [-0.25, -0.2) is 9.59 Å². The van der Waals surface area contributed by atoms with Crippen molar-refractivity contribution in [1.82, 2.24) is 10.2 Å². The number of fused-ring (bicyclic) bond motifs is 1. The van der Waals surface area contributed by atoms with E-state index in [4.69, 9.17) is 9.47 Å². The van der Waals surface area contributed by atoms with E-state index in [9.17, 15) is 19.5 Å². The van der Waals surface area contributed by atoms with Crippen LogP contribution in [0.15, 0.2) is 60.7 Å². The average molecular weight is 479 g/mol. The van der Waals surface area contributed by atoms with E-state index < -0.39 is 29.6 Å². The first-order valence-electron chi connectivity index (χ1n) is 11.0. The summed E-state index contributed by atoms with van der Waals surface area (Å²) >= 11 is 0. The summed E-state index contributed by atoms with van der Waals surface area (Å²) in [6, 6.07) is 16.8. The molecule has 0 spiro atoms. The second kappa shape index (κ2) is 9.63. The first-order valence-corrected chi connectivity index (χ1v) is 11.0. The van der Waals surface area contributed by atoms with Crippen molar-refractivity contribution < 1.29 is 33.7 Å². The number of methoxy groups -OCH3 is 2. The zero-order valence-electron chi connectivity index (χ0n) is 19.6. The standard InChI is InChI=1S/C26H26N2O7/c1-26(19-9-7-17-12-21(33-2)10-8-16(17)11-19)24(31)28(25(32)27-26)14-20(29)15-35-22-6-4-5-18(13-22)23(30)34-3/h4-13,20,29H,14-15H2,1-3H3,(H,27,32)/t20?,26-/m0/s1. The number of nitrogens with zero attached hydrogens (tertiary/aromatic N) is 1. The van der Waals surface area contributed by atoms with E-state index in [0.717, 1.165) is 21.4 Å². The lowest BCUT2D eigenvalue weighted by molar-refractivity contribution is -0.132. The molecule has 3 aromatic rings. The van der Waals surface area contributed by atoms with E-state index >= 15 is 0 Å². The number of carbonyl (C=O) groups is 3. The lowest BCUT2D eigenvalue weighted by atomic mass is 9.90. The predicted octanol–water partition coefficient (Wildman–Crippen LogP) is 2.84. The molecule has 0 radical (unpaired) electrons. The minimum absolute atomic E-state index is 0.184. The highest BCUT2D eigenvalue weighted by atomic mass is 16.5. The zero-order chi connectivity index (χ0) is 25.2. The van der Waals surface area contributed by atoms with Gasteiger partial charge in [0.15, 0.2) is 0 Å². The summed E-state index contributed by atoms with van der Waals surface area (Å²) in [4.78, 5) is 38.6. The lowest BCUT2D eigenvalue weighted by Crippen LogP contribution is -2.42. The number of rotatable bonds is 8.